The molecule has 0 aromatic heterocycles. The van der Waals surface area contributed by atoms with Gasteiger partial charge in [-0.1, -0.05) is 39.0 Å². The minimum absolute atomic E-state index is 0.110. The van der Waals surface area contributed by atoms with Crippen molar-refractivity contribution in [1.29, 1.82) is 0 Å². The van der Waals surface area contributed by atoms with Crippen molar-refractivity contribution in [3.05, 3.63) is 29.8 Å². The fourth-order valence-corrected chi connectivity index (χ4v) is 1.83. The van der Waals surface area contributed by atoms with E-state index in [9.17, 15) is 9.59 Å². The number of ether oxygens (including phenoxy) is 1. The number of hydrogen-bond donors (Lipinski definition) is 2. The SMILES string of the molecule is CC(NC(=O)C(C)Oc1ccccc1C(C)(C)C)C(=O)O. The van der Waals surface area contributed by atoms with Crippen molar-refractivity contribution < 1.29 is 19.4 Å². The van der Waals surface area contributed by atoms with E-state index < -0.39 is 24.0 Å². The fourth-order valence-electron chi connectivity index (χ4n) is 1.83. The molecular weight excluding hydrogens is 270 g/mol. The van der Waals surface area contributed by atoms with E-state index in [-0.39, 0.29) is 5.41 Å². The summed E-state index contributed by atoms with van der Waals surface area (Å²) in [5, 5.41) is 11.2. The summed E-state index contributed by atoms with van der Waals surface area (Å²) < 4.78 is 5.71. The monoisotopic (exact) mass is 293 g/mol. The first kappa shape index (κ1) is 17.0. The lowest BCUT2D eigenvalue weighted by Crippen LogP contribution is -2.44. The summed E-state index contributed by atoms with van der Waals surface area (Å²) >= 11 is 0. The van der Waals surface area contributed by atoms with Gasteiger partial charge in [-0.25, -0.2) is 0 Å². The zero-order valence-electron chi connectivity index (χ0n) is 13.1. The fraction of sp³-hybridized carbons (Fsp3) is 0.500. The van der Waals surface area contributed by atoms with Crippen LogP contribution in [0, 0.1) is 0 Å². The topological polar surface area (TPSA) is 75.6 Å². The molecule has 0 heterocycles. The maximum atomic E-state index is 11.9. The highest BCUT2D eigenvalue weighted by Crippen LogP contribution is 2.31. The number of aliphatic carboxylic acids is 1. The Hall–Kier alpha value is -2.04. The Bertz CT molecular complexity index is 519. The van der Waals surface area contributed by atoms with Crippen LogP contribution in [-0.4, -0.2) is 29.1 Å². The van der Waals surface area contributed by atoms with Crippen LogP contribution in [0.2, 0.25) is 0 Å². The Morgan fingerprint density at radius 1 is 1.19 bits per heavy atom. The van der Waals surface area contributed by atoms with Gasteiger partial charge in [-0.2, -0.15) is 0 Å². The molecule has 0 radical (unpaired) electrons. The number of nitrogens with one attached hydrogen (secondary N) is 1. The average molecular weight is 293 g/mol. The second-order valence-corrected chi connectivity index (χ2v) is 6.07. The summed E-state index contributed by atoms with van der Waals surface area (Å²) in [6.07, 6.45) is -0.768. The van der Waals surface area contributed by atoms with Gasteiger partial charge in [0.15, 0.2) is 6.10 Å². The Morgan fingerprint density at radius 2 is 1.76 bits per heavy atom. The van der Waals surface area contributed by atoms with Crippen molar-refractivity contribution in [3.8, 4) is 5.75 Å². The normalized spacial score (nSPS) is 14.1. The summed E-state index contributed by atoms with van der Waals surface area (Å²) in [7, 11) is 0. The highest BCUT2D eigenvalue weighted by Gasteiger charge is 2.23. The quantitative estimate of drug-likeness (QED) is 0.873. The first-order valence-corrected chi connectivity index (χ1v) is 6.92. The van der Waals surface area contributed by atoms with Gasteiger partial charge in [-0.15, -0.1) is 0 Å². The lowest BCUT2D eigenvalue weighted by Gasteiger charge is -2.24. The molecule has 5 nitrogen and oxygen atoms in total. The van der Waals surface area contributed by atoms with Crippen LogP contribution >= 0.6 is 0 Å². The molecular formula is C16H23NO4. The van der Waals surface area contributed by atoms with E-state index in [4.69, 9.17) is 9.84 Å². The van der Waals surface area contributed by atoms with Crippen LogP contribution in [0.25, 0.3) is 0 Å². The second-order valence-electron chi connectivity index (χ2n) is 6.07. The number of amides is 1. The van der Waals surface area contributed by atoms with Crippen molar-refractivity contribution in [1.82, 2.24) is 5.32 Å². The molecule has 0 aliphatic rings. The number of carboxylic acids is 1. The van der Waals surface area contributed by atoms with Crippen LogP contribution in [0.3, 0.4) is 0 Å². The zero-order chi connectivity index (χ0) is 16.2. The Morgan fingerprint density at radius 3 is 2.29 bits per heavy atom. The number of para-hydroxylation sites is 1. The van der Waals surface area contributed by atoms with Gasteiger partial charge >= 0.3 is 5.97 Å². The van der Waals surface area contributed by atoms with Crippen molar-refractivity contribution in [2.45, 2.75) is 52.2 Å². The molecule has 0 spiro atoms. The van der Waals surface area contributed by atoms with Gasteiger partial charge in [0.1, 0.15) is 11.8 Å². The molecule has 2 N–H and O–H groups in total. The molecule has 1 amide bonds. The van der Waals surface area contributed by atoms with Gasteiger partial charge in [0.25, 0.3) is 5.91 Å². The smallest absolute Gasteiger partial charge is 0.325 e. The van der Waals surface area contributed by atoms with E-state index in [1.807, 2.05) is 24.3 Å². The summed E-state index contributed by atoms with van der Waals surface area (Å²) in [6.45, 7) is 9.20. The number of carbonyl (C=O) groups excluding carboxylic acids is 1. The molecule has 116 valence electrons. The summed E-state index contributed by atoms with van der Waals surface area (Å²) in [6, 6.07) is 6.59. The number of carboxylic acid groups (broad SMARTS) is 1. The van der Waals surface area contributed by atoms with E-state index >= 15 is 0 Å². The molecule has 0 aliphatic heterocycles. The van der Waals surface area contributed by atoms with Crippen molar-refractivity contribution in [2.75, 3.05) is 0 Å². The lowest BCUT2D eigenvalue weighted by atomic mass is 9.86. The Labute approximate surface area is 125 Å². The molecule has 2 unspecified atom stereocenters. The molecule has 1 rings (SSSR count). The van der Waals surface area contributed by atoms with E-state index in [0.717, 1.165) is 5.56 Å². The van der Waals surface area contributed by atoms with Crippen molar-refractivity contribution in [2.24, 2.45) is 0 Å². The van der Waals surface area contributed by atoms with Gasteiger partial charge in [0.2, 0.25) is 0 Å². The van der Waals surface area contributed by atoms with Gasteiger partial charge in [-0.05, 0) is 30.9 Å². The van der Waals surface area contributed by atoms with E-state index in [1.54, 1.807) is 6.92 Å². The molecule has 0 aliphatic carbocycles. The summed E-state index contributed by atoms with van der Waals surface area (Å²) in [5.41, 5.74) is 0.886. The average Bonchev–Trinajstić information content (AvgIpc) is 2.37. The van der Waals surface area contributed by atoms with Gasteiger partial charge in [0, 0.05) is 0 Å². The third-order valence-corrected chi connectivity index (χ3v) is 3.10. The highest BCUT2D eigenvalue weighted by molar-refractivity contribution is 5.86. The number of benzene rings is 1. The summed E-state index contributed by atoms with van der Waals surface area (Å²) in [5.74, 6) is -0.894. The first-order valence-electron chi connectivity index (χ1n) is 6.92. The lowest BCUT2D eigenvalue weighted by molar-refractivity contribution is -0.142. The number of carbonyl (C=O) groups is 2. The first-order chi connectivity index (χ1) is 9.62. The van der Waals surface area contributed by atoms with E-state index in [1.165, 1.54) is 6.92 Å². The predicted octanol–water partition coefficient (Wildman–Crippen LogP) is 2.34. The molecule has 0 fully saturated rings. The van der Waals surface area contributed by atoms with Crippen LogP contribution in [-0.2, 0) is 15.0 Å². The Balaban J connectivity index is 2.82. The van der Waals surface area contributed by atoms with E-state index in [2.05, 4.69) is 26.1 Å². The molecule has 0 bridgehead atoms. The molecule has 2 atom stereocenters. The van der Waals surface area contributed by atoms with Gasteiger partial charge < -0.3 is 15.2 Å². The zero-order valence-corrected chi connectivity index (χ0v) is 13.1. The summed E-state index contributed by atoms with van der Waals surface area (Å²) in [4.78, 5) is 22.7. The van der Waals surface area contributed by atoms with Crippen molar-refractivity contribution in [3.63, 3.8) is 0 Å². The van der Waals surface area contributed by atoms with Crippen LogP contribution in [0.1, 0.15) is 40.2 Å². The molecule has 0 saturated heterocycles. The minimum atomic E-state index is -1.08. The van der Waals surface area contributed by atoms with Crippen LogP contribution < -0.4 is 10.1 Å². The van der Waals surface area contributed by atoms with Crippen LogP contribution in [0.4, 0.5) is 0 Å². The standard InChI is InChI=1S/C16H23NO4/c1-10(15(19)20)17-14(18)11(2)21-13-9-7-6-8-12(13)16(3,4)5/h6-11H,1-5H3,(H,17,18)(H,19,20). The minimum Gasteiger partial charge on any atom is -0.481 e. The maximum Gasteiger partial charge on any atom is 0.325 e. The number of rotatable bonds is 5. The Kier molecular flexibility index (Phi) is 5.35. The molecule has 1 aromatic carbocycles. The predicted molar refractivity (Wildman–Crippen MR) is 80.5 cm³/mol. The highest BCUT2D eigenvalue weighted by atomic mass is 16.5. The largest absolute Gasteiger partial charge is 0.481 e. The van der Waals surface area contributed by atoms with Gasteiger partial charge in [-0.3, -0.25) is 9.59 Å². The third-order valence-electron chi connectivity index (χ3n) is 3.10. The number of hydrogen-bond acceptors (Lipinski definition) is 3. The molecule has 21 heavy (non-hydrogen) atoms. The molecule has 5 heteroatoms. The molecule has 1 aromatic rings. The molecule has 0 saturated carbocycles. The van der Waals surface area contributed by atoms with Crippen LogP contribution in [0.5, 0.6) is 5.75 Å². The van der Waals surface area contributed by atoms with E-state index in [0.29, 0.717) is 5.75 Å². The van der Waals surface area contributed by atoms with Crippen LogP contribution in [0.15, 0.2) is 24.3 Å². The third kappa shape index (κ3) is 4.77. The maximum absolute atomic E-state index is 11.9. The second kappa shape index (κ2) is 6.61. The van der Waals surface area contributed by atoms with Crippen molar-refractivity contribution >= 4 is 11.9 Å². The van der Waals surface area contributed by atoms with Gasteiger partial charge in [0.05, 0.1) is 0 Å².